The van der Waals surface area contributed by atoms with Crippen LogP contribution < -0.4 is 11.3 Å². The minimum atomic E-state index is 0.267. The molecule has 0 aromatic carbocycles. The molecule has 0 aliphatic rings. The van der Waals surface area contributed by atoms with Crippen LogP contribution in [0.15, 0.2) is 18.6 Å². The van der Waals surface area contributed by atoms with Crippen molar-refractivity contribution in [1.82, 2.24) is 29.9 Å². The third kappa shape index (κ3) is 1.59. The highest BCUT2D eigenvalue weighted by Gasteiger charge is 2.11. The van der Waals surface area contributed by atoms with Gasteiger partial charge in [-0.25, -0.2) is 10.5 Å². The van der Waals surface area contributed by atoms with Gasteiger partial charge in [0.15, 0.2) is 11.5 Å². The second-order valence-corrected chi connectivity index (χ2v) is 3.69. The molecule has 9 heteroatoms. The van der Waals surface area contributed by atoms with E-state index in [4.69, 9.17) is 17.4 Å². The summed E-state index contributed by atoms with van der Waals surface area (Å²) >= 11 is 5.82. The minimum Gasteiger partial charge on any atom is -0.292 e. The summed E-state index contributed by atoms with van der Waals surface area (Å²) in [7, 11) is 0. The van der Waals surface area contributed by atoms with Crippen molar-refractivity contribution < 1.29 is 0 Å². The molecule has 17 heavy (non-hydrogen) atoms. The first-order valence-corrected chi connectivity index (χ1v) is 5.04. The maximum atomic E-state index is 5.82. The molecule has 0 bridgehead atoms. The molecule has 0 aliphatic heterocycles. The van der Waals surface area contributed by atoms with Gasteiger partial charge in [-0.05, 0) is 0 Å². The third-order valence-corrected chi connectivity index (χ3v) is 2.38. The SMILES string of the molecule is NNc1nc(-n2cc(Cl)cn2)c2cn[nH]c2n1. The van der Waals surface area contributed by atoms with Crippen molar-refractivity contribution in [1.29, 1.82) is 0 Å². The Hall–Kier alpha value is -2.19. The molecule has 86 valence electrons. The predicted octanol–water partition coefficient (Wildman–Crippen LogP) is 0.478. The fraction of sp³-hybridized carbons (Fsp3) is 0. The second kappa shape index (κ2) is 3.68. The topological polar surface area (TPSA) is 110 Å². The van der Waals surface area contributed by atoms with E-state index in [1.807, 2.05) is 0 Å². The number of nitrogen functional groups attached to an aromatic ring is 1. The number of hydrogen-bond donors (Lipinski definition) is 3. The number of nitrogens with one attached hydrogen (secondary N) is 2. The van der Waals surface area contributed by atoms with Crippen molar-refractivity contribution in [3.63, 3.8) is 0 Å². The van der Waals surface area contributed by atoms with Gasteiger partial charge < -0.3 is 0 Å². The van der Waals surface area contributed by atoms with Crippen LogP contribution in [-0.4, -0.2) is 29.9 Å². The van der Waals surface area contributed by atoms with E-state index in [-0.39, 0.29) is 5.95 Å². The second-order valence-electron chi connectivity index (χ2n) is 3.25. The summed E-state index contributed by atoms with van der Waals surface area (Å²) in [5.74, 6) is 6.11. The number of fused-ring (bicyclic) bond motifs is 1. The van der Waals surface area contributed by atoms with Crippen molar-refractivity contribution in [3.8, 4) is 5.82 Å². The Balaban J connectivity index is 2.29. The Kier molecular flexibility index (Phi) is 2.16. The van der Waals surface area contributed by atoms with Gasteiger partial charge in [0.1, 0.15) is 0 Å². The fourth-order valence-corrected chi connectivity index (χ4v) is 1.61. The Morgan fingerprint density at radius 3 is 2.94 bits per heavy atom. The lowest BCUT2D eigenvalue weighted by atomic mass is 10.4. The summed E-state index contributed by atoms with van der Waals surface area (Å²) in [6, 6.07) is 0. The fourth-order valence-electron chi connectivity index (χ4n) is 1.48. The molecule has 0 aliphatic carbocycles. The maximum absolute atomic E-state index is 5.82. The van der Waals surface area contributed by atoms with Gasteiger partial charge in [-0.1, -0.05) is 11.6 Å². The van der Waals surface area contributed by atoms with Crippen LogP contribution in [0.4, 0.5) is 5.95 Å². The van der Waals surface area contributed by atoms with E-state index < -0.39 is 0 Å². The molecule has 3 rings (SSSR count). The number of aromatic amines is 1. The smallest absolute Gasteiger partial charge is 0.241 e. The zero-order valence-corrected chi connectivity index (χ0v) is 9.18. The highest BCUT2D eigenvalue weighted by atomic mass is 35.5. The van der Waals surface area contributed by atoms with Crippen molar-refractivity contribution >= 4 is 28.6 Å². The summed E-state index contributed by atoms with van der Waals surface area (Å²) < 4.78 is 1.53. The average molecular weight is 251 g/mol. The van der Waals surface area contributed by atoms with E-state index in [0.717, 1.165) is 5.39 Å². The van der Waals surface area contributed by atoms with Crippen LogP contribution in [0.25, 0.3) is 16.9 Å². The Bertz CT molecular complexity index is 671. The molecule has 0 saturated heterocycles. The normalized spacial score (nSPS) is 10.9. The largest absolute Gasteiger partial charge is 0.292 e. The van der Waals surface area contributed by atoms with Gasteiger partial charge >= 0.3 is 0 Å². The molecule has 0 spiro atoms. The van der Waals surface area contributed by atoms with Crippen molar-refractivity contribution in [2.75, 3.05) is 5.43 Å². The summed E-state index contributed by atoms with van der Waals surface area (Å²) in [4.78, 5) is 8.32. The highest BCUT2D eigenvalue weighted by molar-refractivity contribution is 6.30. The first-order chi connectivity index (χ1) is 8.28. The quantitative estimate of drug-likeness (QED) is 0.451. The molecule has 3 aromatic rings. The summed E-state index contributed by atoms with van der Waals surface area (Å²) in [5, 5.41) is 12.0. The van der Waals surface area contributed by atoms with Gasteiger partial charge in [-0.2, -0.15) is 20.2 Å². The molecule has 0 saturated carbocycles. The number of aromatic nitrogens is 6. The Morgan fingerprint density at radius 1 is 1.35 bits per heavy atom. The van der Waals surface area contributed by atoms with Crippen LogP contribution >= 0.6 is 11.6 Å². The third-order valence-electron chi connectivity index (χ3n) is 2.19. The molecule has 0 fully saturated rings. The van der Waals surface area contributed by atoms with Crippen LogP contribution in [0.1, 0.15) is 0 Å². The van der Waals surface area contributed by atoms with Gasteiger partial charge in [0, 0.05) is 0 Å². The van der Waals surface area contributed by atoms with E-state index in [9.17, 15) is 0 Å². The number of rotatable bonds is 2. The first kappa shape index (κ1) is 10.00. The molecule has 0 atom stereocenters. The lowest BCUT2D eigenvalue weighted by Gasteiger charge is -2.04. The monoisotopic (exact) mass is 250 g/mol. The number of nitrogens with two attached hydrogens (primary N) is 1. The number of hydrazine groups is 1. The Labute approximate surface area is 99.8 Å². The van der Waals surface area contributed by atoms with E-state index in [1.54, 1.807) is 12.4 Å². The van der Waals surface area contributed by atoms with Gasteiger partial charge in [0.05, 0.1) is 29.0 Å². The number of H-pyrrole nitrogens is 1. The molecule has 0 amide bonds. The van der Waals surface area contributed by atoms with Crippen molar-refractivity contribution in [3.05, 3.63) is 23.6 Å². The highest BCUT2D eigenvalue weighted by Crippen LogP contribution is 2.19. The van der Waals surface area contributed by atoms with Crippen molar-refractivity contribution in [2.24, 2.45) is 5.84 Å². The van der Waals surface area contributed by atoms with Gasteiger partial charge in [0.2, 0.25) is 5.95 Å². The number of nitrogens with zero attached hydrogens (tertiary/aromatic N) is 5. The molecular weight excluding hydrogens is 244 g/mol. The van der Waals surface area contributed by atoms with Crippen LogP contribution in [0.2, 0.25) is 5.02 Å². The van der Waals surface area contributed by atoms with Crippen LogP contribution in [-0.2, 0) is 0 Å². The summed E-state index contributed by atoms with van der Waals surface area (Å²) in [6.45, 7) is 0. The molecule has 3 aromatic heterocycles. The lowest BCUT2D eigenvalue weighted by Crippen LogP contribution is -2.12. The van der Waals surface area contributed by atoms with Crippen LogP contribution in [0.5, 0.6) is 0 Å². The molecule has 0 radical (unpaired) electrons. The van der Waals surface area contributed by atoms with E-state index in [2.05, 4.69) is 30.7 Å². The number of halogens is 1. The molecular formula is C8H7ClN8. The zero-order valence-electron chi connectivity index (χ0n) is 8.42. The number of anilines is 1. The molecule has 8 nitrogen and oxygen atoms in total. The zero-order chi connectivity index (χ0) is 11.8. The maximum Gasteiger partial charge on any atom is 0.241 e. The molecule has 3 heterocycles. The van der Waals surface area contributed by atoms with Crippen LogP contribution in [0, 0.1) is 0 Å². The first-order valence-electron chi connectivity index (χ1n) is 4.66. The van der Waals surface area contributed by atoms with E-state index >= 15 is 0 Å². The van der Waals surface area contributed by atoms with E-state index in [0.29, 0.717) is 16.5 Å². The minimum absolute atomic E-state index is 0.267. The molecule has 4 N–H and O–H groups in total. The Morgan fingerprint density at radius 2 is 2.24 bits per heavy atom. The van der Waals surface area contributed by atoms with Crippen LogP contribution in [0.3, 0.4) is 0 Å². The van der Waals surface area contributed by atoms with Gasteiger partial charge in [-0.15, -0.1) is 0 Å². The summed E-state index contributed by atoms with van der Waals surface area (Å²) in [5.41, 5.74) is 2.95. The summed E-state index contributed by atoms with van der Waals surface area (Å²) in [6.07, 6.45) is 4.77. The van der Waals surface area contributed by atoms with Gasteiger partial charge in [0.25, 0.3) is 0 Å². The molecule has 0 unspecified atom stereocenters. The average Bonchev–Trinajstić information content (AvgIpc) is 2.95. The van der Waals surface area contributed by atoms with E-state index in [1.165, 1.54) is 10.9 Å². The lowest BCUT2D eigenvalue weighted by molar-refractivity contribution is 0.851. The predicted molar refractivity (Wildman–Crippen MR) is 61.6 cm³/mol. The standard InChI is InChI=1S/C8H7ClN8/c9-4-1-12-17(3-4)7-5-2-11-16-6(5)13-8(14-7)15-10/h1-3H,10H2,(H2,11,13,14,15,16). The van der Waals surface area contributed by atoms with Gasteiger partial charge in [-0.3, -0.25) is 10.5 Å². The van der Waals surface area contributed by atoms with Crippen molar-refractivity contribution in [2.45, 2.75) is 0 Å². The number of hydrogen-bond acceptors (Lipinski definition) is 6.